The number of primary amides is 1. The van der Waals surface area contributed by atoms with Crippen LogP contribution in [0.5, 0.6) is 0 Å². The summed E-state index contributed by atoms with van der Waals surface area (Å²) in [5, 5.41) is 3.39. The van der Waals surface area contributed by atoms with E-state index in [4.69, 9.17) is 5.73 Å². The average molecular weight is 262 g/mol. The van der Waals surface area contributed by atoms with Crippen LogP contribution in [0.3, 0.4) is 0 Å². The number of benzene rings is 1. The topological polar surface area (TPSA) is 55.1 Å². The number of amides is 1. The molecule has 0 saturated carbocycles. The van der Waals surface area contributed by atoms with Crippen LogP contribution in [0.2, 0.25) is 0 Å². The number of aryl methyl sites for hydroxylation is 1. The SMILES string of the molecule is CCCCc1ccc(C(C)NC(C)CC(N)=O)cc1. The van der Waals surface area contributed by atoms with Crippen LogP contribution in [-0.2, 0) is 11.2 Å². The first-order chi connectivity index (χ1) is 9.02. The number of hydrogen-bond acceptors (Lipinski definition) is 2. The Morgan fingerprint density at radius 1 is 1.26 bits per heavy atom. The molecule has 0 saturated heterocycles. The van der Waals surface area contributed by atoms with Gasteiger partial charge in [-0.25, -0.2) is 0 Å². The summed E-state index contributed by atoms with van der Waals surface area (Å²) >= 11 is 0. The molecule has 0 bridgehead atoms. The molecule has 3 N–H and O–H groups in total. The van der Waals surface area contributed by atoms with Gasteiger partial charge in [-0.15, -0.1) is 0 Å². The van der Waals surface area contributed by atoms with Crippen molar-refractivity contribution in [3.63, 3.8) is 0 Å². The van der Waals surface area contributed by atoms with Crippen LogP contribution in [0.4, 0.5) is 0 Å². The predicted molar refractivity (Wildman–Crippen MR) is 79.9 cm³/mol. The van der Waals surface area contributed by atoms with Gasteiger partial charge in [0, 0.05) is 18.5 Å². The van der Waals surface area contributed by atoms with E-state index in [-0.39, 0.29) is 18.0 Å². The average Bonchev–Trinajstić information content (AvgIpc) is 2.35. The highest BCUT2D eigenvalue weighted by atomic mass is 16.1. The van der Waals surface area contributed by atoms with Gasteiger partial charge in [0.2, 0.25) is 5.91 Å². The first-order valence-electron chi connectivity index (χ1n) is 7.16. The molecule has 0 radical (unpaired) electrons. The lowest BCUT2D eigenvalue weighted by molar-refractivity contribution is -0.118. The molecule has 0 aliphatic rings. The van der Waals surface area contributed by atoms with Crippen molar-refractivity contribution in [2.24, 2.45) is 5.73 Å². The molecule has 0 aromatic heterocycles. The van der Waals surface area contributed by atoms with Crippen molar-refractivity contribution in [1.29, 1.82) is 0 Å². The van der Waals surface area contributed by atoms with E-state index in [1.165, 1.54) is 24.0 Å². The molecule has 0 aliphatic carbocycles. The second kappa shape index (κ2) is 7.95. The van der Waals surface area contributed by atoms with Crippen molar-refractivity contribution < 1.29 is 4.79 Å². The van der Waals surface area contributed by atoms with Gasteiger partial charge in [0.1, 0.15) is 0 Å². The molecular weight excluding hydrogens is 236 g/mol. The van der Waals surface area contributed by atoms with E-state index in [2.05, 4.69) is 43.4 Å². The zero-order valence-corrected chi connectivity index (χ0v) is 12.3. The predicted octanol–water partition coefficient (Wildman–Crippen LogP) is 2.94. The Bertz CT molecular complexity index is 386. The lowest BCUT2D eigenvalue weighted by atomic mass is 10.0. The van der Waals surface area contributed by atoms with Gasteiger partial charge in [-0.1, -0.05) is 37.6 Å². The zero-order valence-electron chi connectivity index (χ0n) is 12.3. The Morgan fingerprint density at radius 3 is 2.42 bits per heavy atom. The number of nitrogens with two attached hydrogens (primary N) is 1. The largest absolute Gasteiger partial charge is 0.370 e. The van der Waals surface area contributed by atoms with Crippen LogP contribution in [0, 0.1) is 0 Å². The van der Waals surface area contributed by atoms with Crippen LogP contribution < -0.4 is 11.1 Å². The van der Waals surface area contributed by atoms with E-state index in [0.717, 1.165) is 6.42 Å². The van der Waals surface area contributed by atoms with E-state index >= 15 is 0 Å². The highest BCUT2D eigenvalue weighted by molar-refractivity contribution is 5.74. The van der Waals surface area contributed by atoms with Crippen molar-refractivity contribution in [2.75, 3.05) is 0 Å². The second-order valence-corrected chi connectivity index (χ2v) is 5.30. The number of rotatable bonds is 8. The third-order valence-electron chi connectivity index (χ3n) is 3.34. The number of carbonyl (C=O) groups excluding carboxylic acids is 1. The standard InChI is InChI=1S/C16H26N2O/c1-4-5-6-14-7-9-15(10-8-14)13(3)18-12(2)11-16(17)19/h7-10,12-13,18H,4-6,11H2,1-3H3,(H2,17,19). The summed E-state index contributed by atoms with van der Waals surface area (Å²) in [6, 6.07) is 9.06. The van der Waals surface area contributed by atoms with E-state index in [1.54, 1.807) is 0 Å². The zero-order chi connectivity index (χ0) is 14.3. The van der Waals surface area contributed by atoms with Crippen LogP contribution in [0.1, 0.15) is 57.2 Å². The van der Waals surface area contributed by atoms with Gasteiger partial charge in [-0.2, -0.15) is 0 Å². The van der Waals surface area contributed by atoms with Gasteiger partial charge in [-0.05, 0) is 37.8 Å². The minimum absolute atomic E-state index is 0.104. The molecule has 1 aromatic carbocycles. The van der Waals surface area contributed by atoms with Gasteiger partial charge >= 0.3 is 0 Å². The van der Waals surface area contributed by atoms with Crippen LogP contribution in [-0.4, -0.2) is 11.9 Å². The molecule has 19 heavy (non-hydrogen) atoms. The molecule has 1 aromatic rings. The van der Waals surface area contributed by atoms with Crippen molar-refractivity contribution >= 4 is 5.91 Å². The van der Waals surface area contributed by atoms with Gasteiger partial charge in [0.15, 0.2) is 0 Å². The number of hydrogen-bond donors (Lipinski definition) is 2. The van der Waals surface area contributed by atoms with Crippen molar-refractivity contribution in [3.05, 3.63) is 35.4 Å². The van der Waals surface area contributed by atoms with Crippen molar-refractivity contribution in [1.82, 2.24) is 5.32 Å². The Balaban J connectivity index is 2.52. The van der Waals surface area contributed by atoms with E-state index in [0.29, 0.717) is 6.42 Å². The minimum Gasteiger partial charge on any atom is -0.370 e. The molecular formula is C16H26N2O. The van der Waals surface area contributed by atoms with Crippen molar-refractivity contribution in [3.8, 4) is 0 Å². The van der Waals surface area contributed by atoms with Gasteiger partial charge < -0.3 is 11.1 Å². The van der Waals surface area contributed by atoms with Crippen LogP contribution in [0.15, 0.2) is 24.3 Å². The summed E-state index contributed by atoms with van der Waals surface area (Å²) in [4.78, 5) is 10.9. The van der Waals surface area contributed by atoms with Crippen molar-refractivity contribution in [2.45, 2.75) is 58.5 Å². The number of unbranched alkanes of at least 4 members (excludes halogenated alkanes) is 1. The van der Waals surface area contributed by atoms with E-state index in [1.807, 2.05) is 6.92 Å². The normalized spacial score (nSPS) is 14.1. The molecule has 3 heteroatoms. The third kappa shape index (κ3) is 5.88. The van der Waals surface area contributed by atoms with Gasteiger partial charge in [0.25, 0.3) is 0 Å². The van der Waals surface area contributed by atoms with E-state index < -0.39 is 0 Å². The van der Waals surface area contributed by atoms with Gasteiger partial charge in [-0.3, -0.25) is 4.79 Å². The highest BCUT2D eigenvalue weighted by Crippen LogP contribution is 2.15. The maximum atomic E-state index is 10.9. The molecule has 0 fully saturated rings. The quantitative estimate of drug-likeness (QED) is 0.757. The Kier molecular flexibility index (Phi) is 6.57. The highest BCUT2D eigenvalue weighted by Gasteiger charge is 2.11. The summed E-state index contributed by atoms with van der Waals surface area (Å²) in [7, 11) is 0. The third-order valence-corrected chi connectivity index (χ3v) is 3.34. The molecule has 2 unspecified atom stereocenters. The molecule has 1 rings (SSSR count). The Labute approximate surface area is 116 Å². The fraction of sp³-hybridized carbons (Fsp3) is 0.562. The minimum atomic E-state index is -0.262. The monoisotopic (exact) mass is 262 g/mol. The Morgan fingerprint density at radius 2 is 1.89 bits per heavy atom. The summed E-state index contributed by atoms with van der Waals surface area (Å²) in [6.07, 6.45) is 3.99. The number of nitrogens with one attached hydrogen (secondary N) is 1. The molecule has 1 amide bonds. The lowest BCUT2D eigenvalue weighted by Crippen LogP contribution is -2.32. The van der Waals surface area contributed by atoms with Gasteiger partial charge in [0.05, 0.1) is 0 Å². The Hall–Kier alpha value is -1.35. The first-order valence-corrected chi connectivity index (χ1v) is 7.16. The molecule has 2 atom stereocenters. The first kappa shape index (κ1) is 15.7. The fourth-order valence-corrected chi connectivity index (χ4v) is 2.24. The van der Waals surface area contributed by atoms with Crippen LogP contribution in [0.25, 0.3) is 0 Å². The van der Waals surface area contributed by atoms with Crippen LogP contribution >= 0.6 is 0 Å². The second-order valence-electron chi connectivity index (χ2n) is 5.30. The number of carbonyl (C=O) groups is 1. The summed E-state index contributed by atoms with van der Waals surface area (Å²) in [6.45, 7) is 6.30. The smallest absolute Gasteiger partial charge is 0.218 e. The van der Waals surface area contributed by atoms with E-state index in [9.17, 15) is 4.79 Å². The molecule has 0 spiro atoms. The lowest BCUT2D eigenvalue weighted by Gasteiger charge is -2.19. The maximum Gasteiger partial charge on any atom is 0.218 e. The molecule has 3 nitrogen and oxygen atoms in total. The summed E-state index contributed by atoms with van der Waals surface area (Å²) < 4.78 is 0. The fourth-order valence-electron chi connectivity index (χ4n) is 2.24. The maximum absolute atomic E-state index is 10.9. The molecule has 106 valence electrons. The summed E-state index contributed by atoms with van der Waals surface area (Å²) in [5.41, 5.74) is 7.83. The molecule has 0 aliphatic heterocycles. The molecule has 0 heterocycles. The summed E-state index contributed by atoms with van der Waals surface area (Å²) in [5.74, 6) is -0.262.